The van der Waals surface area contributed by atoms with Crippen LogP contribution in [0.5, 0.6) is 0 Å². The van der Waals surface area contributed by atoms with Gasteiger partial charge in [-0.1, -0.05) is 0 Å². The predicted octanol–water partition coefficient (Wildman–Crippen LogP) is 2.70. The maximum Gasteiger partial charge on any atom is 0.261 e. The zero-order valence-corrected chi connectivity index (χ0v) is 17.2. The zero-order chi connectivity index (χ0) is 22.0. The second-order valence-electron chi connectivity index (χ2n) is 7.52. The lowest BCUT2D eigenvalue weighted by atomic mass is 10.1. The average molecular weight is 421 g/mol. The molecule has 2 aliphatic rings. The molecule has 0 aromatic heterocycles. The molecule has 0 atom stereocenters. The van der Waals surface area contributed by atoms with Crippen LogP contribution in [-0.4, -0.2) is 55.3 Å². The molecule has 2 aromatic rings. The van der Waals surface area contributed by atoms with Gasteiger partial charge in [0.25, 0.3) is 17.7 Å². The highest BCUT2D eigenvalue weighted by Crippen LogP contribution is 2.26. The first kappa shape index (κ1) is 20.7. The van der Waals surface area contributed by atoms with E-state index in [0.717, 1.165) is 12.1 Å². The molecule has 0 spiro atoms. The van der Waals surface area contributed by atoms with E-state index in [1.807, 2.05) is 0 Å². The van der Waals surface area contributed by atoms with Gasteiger partial charge in [0.1, 0.15) is 0 Å². The molecular weight excluding hydrogens is 398 g/mol. The Morgan fingerprint density at radius 2 is 1.77 bits per heavy atom. The maximum atomic E-state index is 12.7. The summed E-state index contributed by atoms with van der Waals surface area (Å²) >= 11 is 0. The number of benzene rings is 2. The van der Waals surface area contributed by atoms with Gasteiger partial charge >= 0.3 is 0 Å². The number of nitrogens with zero attached hydrogens (tertiary/aromatic N) is 2. The number of fused-ring (bicyclic) bond motifs is 1. The summed E-state index contributed by atoms with van der Waals surface area (Å²) in [5, 5.41) is 2.79. The molecule has 0 unspecified atom stereocenters. The number of carbonyl (C=O) groups is 4. The van der Waals surface area contributed by atoms with Crippen LogP contribution < -0.4 is 10.2 Å². The molecule has 2 heterocycles. The van der Waals surface area contributed by atoms with Gasteiger partial charge in [-0.15, -0.1) is 0 Å². The Balaban J connectivity index is 1.45. The largest absolute Gasteiger partial charge is 0.385 e. The van der Waals surface area contributed by atoms with Crippen LogP contribution in [0.25, 0.3) is 0 Å². The predicted molar refractivity (Wildman–Crippen MR) is 114 cm³/mol. The van der Waals surface area contributed by atoms with E-state index < -0.39 is 5.91 Å². The number of methoxy groups -OCH3 is 1. The van der Waals surface area contributed by atoms with Crippen molar-refractivity contribution in [3.63, 3.8) is 0 Å². The van der Waals surface area contributed by atoms with E-state index in [9.17, 15) is 19.2 Å². The SMILES string of the molecule is COCCCN1C(=O)c2ccc(C(=O)Nc3ccc(N4CCCC4=O)cc3)cc2C1=O. The number of amides is 4. The molecular formula is C23H23N3O5. The Hall–Kier alpha value is -3.52. The minimum Gasteiger partial charge on any atom is -0.385 e. The zero-order valence-electron chi connectivity index (χ0n) is 17.2. The van der Waals surface area contributed by atoms with Gasteiger partial charge in [-0.2, -0.15) is 0 Å². The molecule has 160 valence electrons. The lowest BCUT2D eigenvalue weighted by molar-refractivity contribution is -0.117. The van der Waals surface area contributed by atoms with Crippen LogP contribution in [0.2, 0.25) is 0 Å². The van der Waals surface area contributed by atoms with Gasteiger partial charge in [0.2, 0.25) is 5.91 Å². The van der Waals surface area contributed by atoms with Crippen LogP contribution in [0.4, 0.5) is 11.4 Å². The van der Waals surface area contributed by atoms with Crippen LogP contribution >= 0.6 is 0 Å². The Morgan fingerprint density at radius 1 is 1.03 bits per heavy atom. The van der Waals surface area contributed by atoms with Crippen molar-refractivity contribution < 1.29 is 23.9 Å². The number of nitrogens with one attached hydrogen (secondary N) is 1. The van der Waals surface area contributed by atoms with E-state index in [4.69, 9.17) is 4.74 Å². The number of hydrogen-bond donors (Lipinski definition) is 1. The van der Waals surface area contributed by atoms with E-state index in [-0.39, 0.29) is 35.4 Å². The molecule has 0 radical (unpaired) electrons. The lowest BCUT2D eigenvalue weighted by Crippen LogP contribution is -2.31. The molecule has 4 rings (SSSR count). The Kier molecular flexibility index (Phi) is 5.81. The van der Waals surface area contributed by atoms with E-state index in [0.29, 0.717) is 37.2 Å². The van der Waals surface area contributed by atoms with Crippen LogP contribution in [0.3, 0.4) is 0 Å². The number of imide groups is 1. The molecule has 8 nitrogen and oxygen atoms in total. The number of ether oxygens (including phenoxy) is 1. The van der Waals surface area contributed by atoms with E-state index >= 15 is 0 Å². The fourth-order valence-corrected chi connectivity index (χ4v) is 3.85. The molecule has 4 amide bonds. The molecule has 1 saturated heterocycles. The van der Waals surface area contributed by atoms with Crippen molar-refractivity contribution in [2.24, 2.45) is 0 Å². The third kappa shape index (κ3) is 4.06. The molecule has 2 aromatic carbocycles. The summed E-state index contributed by atoms with van der Waals surface area (Å²) in [5.41, 5.74) is 2.20. The lowest BCUT2D eigenvalue weighted by Gasteiger charge is -2.16. The number of hydrogen-bond acceptors (Lipinski definition) is 5. The summed E-state index contributed by atoms with van der Waals surface area (Å²) in [6.07, 6.45) is 1.96. The van der Waals surface area contributed by atoms with Gasteiger partial charge in [0.15, 0.2) is 0 Å². The first-order chi connectivity index (χ1) is 15.0. The van der Waals surface area contributed by atoms with Crippen molar-refractivity contribution in [3.05, 3.63) is 59.2 Å². The normalized spacial score (nSPS) is 15.6. The van der Waals surface area contributed by atoms with Gasteiger partial charge in [-0.05, 0) is 55.3 Å². The van der Waals surface area contributed by atoms with Crippen molar-refractivity contribution in [2.75, 3.05) is 37.0 Å². The fraction of sp³-hybridized carbons (Fsp3) is 0.304. The molecule has 0 saturated carbocycles. The highest BCUT2D eigenvalue weighted by atomic mass is 16.5. The topological polar surface area (TPSA) is 96.0 Å². The van der Waals surface area contributed by atoms with Crippen LogP contribution in [-0.2, 0) is 9.53 Å². The van der Waals surface area contributed by atoms with Crippen molar-refractivity contribution >= 4 is 35.0 Å². The second-order valence-corrected chi connectivity index (χ2v) is 7.52. The average Bonchev–Trinajstić information content (AvgIpc) is 3.31. The molecule has 31 heavy (non-hydrogen) atoms. The summed E-state index contributed by atoms with van der Waals surface area (Å²) in [4.78, 5) is 52.6. The molecule has 1 fully saturated rings. The van der Waals surface area contributed by atoms with E-state index in [2.05, 4.69) is 5.32 Å². The van der Waals surface area contributed by atoms with Crippen LogP contribution in [0.1, 0.15) is 50.3 Å². The monoisotopic (exact) mass is 421 g/mol. The van der Waals surface area contributed by atoms with Crippen molar-refractivity contribution in [2.45, 2.75) is 19.3 Å². The molecule has 0 bridgehead atoms. The van der Waals surface area contributed by atoms with Gasteiger partial charge in [0, 0.05) is 50.2 Å². The van der Waals surface area contributed by atoms with Crippen molar-refractivity contribution in [3.8, 4) is 0 Å². The first-order valence-corrected chi connectivity index (χ1v) is 10.2. The summed E-state index contributed by atoms with van der Waals surface area (Å²) in [5.74, 6) is -1.03. The fourth-order valence-electron chi connectivity index (χ4n) is 3.85. The number of carbonyl (C=O) groups excluding carboxylic acids is 4. The van der Waals surface area contributed by atoms with Gasteiger partial charge in [-0.25, -0.2) is 0 Å². The van der Waals surface area contributed by atoms with Crippen LogP contribution in [0, 0.1) is 0 Å². The Bertz CT molecular complexity index is 1050. The Morgan fingerprint density at radius 3 is 2.45 bits per heavy atom. The highest BCUT2D eigenvalue weighted by molar-refractivity contribution is 6.22. The summed E-state index contributed by atoms with van der Waals surface area (Å²) in [7, 11) is 1.56. The minimum absolute atomic E-state index is 0.102. The first-order valence-electron chi connectivity index (χ1n) is 10.2. The van der Waals surface area contributed by atoms with Crippen molar-refractivity contribution in [1.29, 1.82) is 0 Å². The molecule has 2 aliphatic heterocycles. The molecule has 1 N–H and O–H groups in total. The number of anilines is 2. The minimum atomic E-state index is -0.398. The smallest absolute Gasteiger partial charge is 0.261 e. The molecule has 8 heteroatoms. The second kappa shape index (κ2) is 8.69. The van der Waals surface area contributed by atoms with Gasteiger partial charge < -0.3 is 15.0 Å². The standard InChI is InChI=1S/C23H23N3O5/c1-31-13-3-12-26-22(29)18-10-5-15(14-19(18)23(26)30)21(28)24-16-6-8-17(9-7-16)25-11-2-4-20(25)27/h5-10,14H,2-4,11-13H2,1H3,(H,24,28). The molecule has 0 aliphatic carbocycles. The van der Waals surface area contributed by atoms with Gasteiger partial charge in [-0.3, -0.25) is 24.1 Å². The highest BCUT2D eigenvalue weighted by Gasteiger charge is 2.35. The van der Waals surface area contributed by atoms with Crippen LogP contribution in [0.15, 0.2) is 42.5 Å². The Labute approximate surface area is 179 Å². The summed E-state index contributed by atoms with van der Waals surface area (Å²) in [6, 6.07) is 11.6. The van der Waals surface area contributed by atoms with Crippen molar-refractivity contribution in [1.82, 2.24) is 4.90 Å². The third-order valence-electron chi connectivity index (χ3n) is 5.47. The van der Waals surface area contributed by atoms with Gasteiger partial charge in [0.05, 0.1) is 11.1 Å². The quantitative estimate of drug-likeness (QED) is 0.548. The maximum absolute atomic E-state index is 12.7. The van der Waals surface area contributed by atoms with E-state index in [1.54, 1.807) is 36.3 Å². The third-order valence-corrected chi connectivity index (χ3v) is 5.47. The summed E-state index contributed by atoms with van der Waals surface area (Å²) < 4.78 is 4.98. The summed E-state index contributed by atoms with van der Waals surface area (Å²) in [6.45, 7) is 1.42. The van der Waals surface area contributed by atoms with E-state index in [1.165, 1.54) is 23.1 Å². The number of rotatable bonds is 7.